The molecule has 0 aliphatic heterocycles. The van der Waals surface area contributed by atoms with E-state index in [-0.39, 0.29) is 24.9 Å². The number of aliphatic hydroxyl groups is 1. The maximum Gasteiger partial charge on any atom is 0.228 e. The summed E-state index contributed by atoms with van der Waals surface area (Å²) in [6.07, 6.45) is 1.43. The van der Waals surface area contributed by atoms with Crippen LogP contribution in [0, 0.1) is 11.2 Å². The van der Waals surface area contributed by atoms with Crippen LogP contribution in [0.15, 0.2) is 24.3 Å². The van der Waals surface area contributed by atoms with Crippen LogP contribution < -0.4 is 5.32 Å². The number of carbonyl (C=O) groups is 1. The summed E-state index contributed by atoms with van der Waals surface area (Å²) in [5, 5.41) is 11.7. The molecule has 1 saturated carbocycles. The lowest BCUT2D eigenvalue weighted by atomic mass is 10.1. The highest BCUT2D eigenvalue weighted by molar-refractivity contribution is 5.85. The average molecular weight is 223 g/mol. The van der Waals surface area contributed by atoms with E-state index in [1.807, 2.05) is 0 Å². The molecule has 0 spiro atoms. The number of benzene rings is 1. The molecular weight excluding hydrogens is 209 g/mol. The predicted octanol–water partition coefficient (Wildman–Crippen LogP) is 1.21. The zero-order valence-electron chi connectivity index (χ0n) is 8.87. The van der Waals surface area contributed by atoms with Crippen molar-refractivity contribution >= 4 is 5.91 Å². The lowest BCUT2D eigenvalue weighted by molar-refractivity contribution is -0.127. The number of amides is 1. The molecule has 0 unspecified atom stereocenters. The number of halogens is 1. The van der Waals surface area contributed by atoms with Crippen molar-refractivity contribution in [2.45, 2.75) is 19.4 Å². The second kappa shape index (κ2) is 4.22. The van der Waals surface area contributed by atoms with E-state index in [1.54, 1.807) is 18.2 Å². The molecule has 86 valence electrons. The van der Waals surface area contributed by atoms with Gasteiger partial charge in [-0.25, -0.2) is 4.39 Å². The molecule has 1 fully saturated rings. The van der Waals surface area contributed by atoms with Gasteiger partial charge in [0.15, 0.2) is 0 Å². The lowest BCUT2D eigenvalue weighted by Gasteiger charge is -2.12. The van der Waals surface area contributed by atoms with Gasteiger partial charge in [0.1, 0.15) is 5.82 Å². The first-order chi connectivity index (χ1) is 7.68. The first-order valence-corrected chi connectivity index (χ1v) is 5.30. The quantitative estimate of drug-likeness (QED) is 0.806. The van der Waals surface area contributed by atoms with E-state index in [4.69, 9.17) is 5.11 Å². The predicted molar refractivity (Wildman–Crippen MR) is 57.0 cm³/mol. The standard InChI is InChI=1S/C12H14FNO2/c13-10-4-2-1-3-9(10)7-14-11(16)12(8-15)5-6-12/h1-4,15H,5-8H2,(H,14,16). The third-order valence-electron chi connectivity index (χ3n) is 3.04. The third kappa shape index (κ3) is 2.07. The van der Waals surface area contributed by atoms with E-state index in [1.165, 1.54) is 6.07 Å². The van der Waals surface area contributed by atoms with E-state index in [0.717, 1.165) is 0 Å². The molecular formula is C12H14FNO2. The van der Waals surface area contributed by atoms with Crippen LogP contribution in [0.1, 0.15) is 18.4 Å². The summed E-state index contributed by atoms with van der Waals surface area (Å²) < 4.78 is 13.2. The molecule has 0 heterocycles. The summed E-state index contributed by atoms with van der Waals surface area (Å²) in [5.41, 5.74) is -0.129. The number of hydrogen-bond acceptors (Lipinski definition) is 2. The van der Waals surface area contributed by atoms with Crippen molar-refractivity contribution in [3.63, 3.8) is 0 Å². The minimum Gasteiger partial charge on any atom is -0.395 e. The topological polar surface area (TPSA) is 49.3 Å². The molecule has 0 saturated heterocycles. The highest BCUT2D eigenvalue weighted by atomic mass is 19.1. The number of aliphatic hydroxyl groups excluding tert-OH is 1. The summed E-state index contributed by atoms with van der Waals surface area (Å²) in [6, 6.07) is 6.33. The van der Waals surface area contributed by atoms with Gasteiger partial charge in [-0.15, -0.1) is 0 Å². The van der Waals surface area contributed by atoms with Crippen LogP contribution in [-0.2, 0) is 11.3 Å². The number of nitrogens with one attached hydrogen (secondary N) is 1. The molecule has 1 amide bonds. The Morgan fingerprint density at radius 3 is 2.69 bits per heavy atom. The number of hydrogen-bond donors (Lipinski definition) is 2. The maximum absolute atomic E-state index is 13.2. The molecule has 3 nitrogen and oxygen atoms in total. The Morgan fingerprint density at radius 1 is 1.44 bits per heavy atom. The third-order valence-corrected chi connectivity index (χ3v) is 3.04. The van der Waals surface area contributed by atoms with Gasteiger partial charge in [0.05, 0.1) is 12.0 Å². The zero-order valence-corrected chi connectivity index (χ0v) is 8.87. The van der Waals surface area contributed by atoms with Gasteiger partial charge in [-0.05, 0) is 18.9 Å². The molecule has 1 aromatic carbocycles. The van der Waals surface area contributed by atoms with Crippen LogP contribution >= 0.6 is 0 Å². The first-order valence-electron chi connectivity index (χ1n) is 5.30. The van der Waals surface area contributed by atoms with Crippen LogP contribution in [0.25, 0.3) is 0 Å². The number of carbonyl (C=O) groups excluding carboxylic acids is 1. The molecule has 0 atom stereocenters. The van der Waals surface area contributed by atoms with Crippen LogP contribution in [0.5, 0.6) is 0 Å². The van der Waals surface area contributed by atoms with Crippen molar-refractivity contribution in [1.82, 2.24) is 5.32 Å². The summed E-state index contributed by atoms with van der Waals surface area (Å²) in [4.78, 5) is 11.6. The molecule has 0 aromatic heterocycles. The minimum atomic E-state index is -0.592. The monoisotopic (exact) mass is 223 g/mol. The second-order valence-electron chi connectivity index (χ2n) is 4.21. The Hall–Kier alpha value is -1.42. The summed E-state index contributed by atoms with van der Waals surface area (Å²) in [5.74, 6) is -0.505. The van der Waals surface area contributed by atoms with Crippen LogP contribution in [0.2, 0.25) is 0 Å². The van der Waals surface area contributed by atoms with Crippen molar-refractivity contribution < 1.29 is 14.3 Å². The largest absolute Gasteiger partial charge is 0.395 e. The van der Waals surface area contributed by atoms with E-state index in [9.17, 15) is 9.18 Å². The molecule has 1 aliphatic carbocycles. The fourth-order valence-electron chi connectivity index (χ4n) is 1.61. The van der Waals surface area contributed by atoms with E-state index in [0.29, 0.717) is 18.4 Å². The Morgan fingerprint density at radius 2 is 2.12 bits per heavy atom. The van der Waals surface area contributed by atoms with Crippen LogP contribution in [0.3, 0.4) is 0 Å². The summed E-state index contributed by atoms with van der Waals surface area (Å²) in [6.45, 7) is 0.0450. The van der Waals surface area contributed by atoms with Crippen molar-refractivity contribution in [2.24, 2.45) is 5.41 Å². The molecule has 0 bridgehead atoms. The zero-order chi connectivity index (χ0) is 11.6. The Bertz CT molecular complexity index is 402. The van der Waals surface area contributed by atoms with Crippen molar-refractivity contribution in [1.29, 1.82) is 0 Å². The van der Waals surface area contributed by atoms with Crippen LogP contribution in [0.4, 0.5) is 4.39 Å². The Balaban J connectivity index is 1.93. The Labute approximate surface area is 93.3 Å². The van der Waals surface area contributed by atoms with E-state index < -0.39 is 5.41 Å². The molecule has 16 heavy (non-hydrogen) atoms. The highest BCUT2D eigenvalue weighted by Gasteiger charge is 2.49. The fourth-order valence-corrected chi connectivity index (χ4v) is 1.61. The number of rotatable bonds is 4. The highest BCUT2D eigenvalue weighted by Crippen LogP contribution is 2.45. The molecule has 2 rings (SSSR count). The molecule has 4 heteroatoms. The SMILES string of the molecule is O=C(NCc1ccccc1F)C1(CO)CC1. The van der Waals surface area contributed by atoms with Gasteiger partial charge < -0.3 is 10.4 Å². The van der Waals surface area contributed by atoms with Gasteiger partial charge in [0.2, 0.25) is 5.91 Å². The van der Waals surface area contributed by atoms with Crippen LogP contribution in [-0.4, -0.2) is 17.6 Å². The van der Waals surface area contributed by atoms with Gasteiger partial charge in [-0.2, -0.15) is 0 Å². The van der Waals surface area contributed by atoms with Gasteiger partial charge >= 0.3 is 0 Å². The second-order valence-corrected chi connectivity index (χ2v) is 4.21. The summed E-state index contributed by atoms with van der Waals surface area (Å²) in [7, 11) is 0. The minimum absolute atomic E-state index is 0.129. The normalized spacial score (nSPS) is 16.9. The van der Waals surface area contributed by atoms with Crippen molar-refractivity contribution in [3.05, 3.63) is 35.6 Å². The smallest absolute Gasteiger partial charge is 0.228 e. The summed E-state index contributed by atoms with van der Waals surface area (Å²) >= 11 is 0. The lowest BCUT2D eigenvalue weighted by Crippen LogP contribution is -2.33. The van der Waals surface area contributed by atoms with Gasteiger partial charge in [-0.1, -0.05) is 18.2 Å². The molecule has 1 aliphatic rings. The molecule has 1 aromatic rings. The van der Waals surface area contributed by atoms with Crippen molar-refractivity contribution in [3.8, 4) is 0 Å². The van der Waals surface area contributed by atoms with Gasteiger partial charge in [0.25, 0.3) is 0 Å². The first kappa shape index (κ1) is 11.1. The van der Waals surface area contributed by atoms with E-state index >= 15 is 0 Å². The molecule has 2 N–H and O–H groups in total. The Kier molecular flexibility index (Phi) is 2.92. The average Bonchev–Trinajstić information content (AvgIpc) is 3.08. The maximum atomic E-state index is 13.2. The van der Waals surface area contributed by atoms with Crippen molar-refractivity contribution in [2.75, 3.05) is 6.61 Å². The molecule has 0 radical (unpaired) electrons. The van der Waals surface area contributed by atoms with Gasteiger partial charge in [0, 0.05) is 12.1 Å². The fraction of sp³-hybridized carbons (Fsp3) is 0.417. The van der Waals surface area contributed by atoms with E-state index in [2.05, 4.69) is 5.32 Å². The van der Waals surface area contributed by atoms with Gasteiger partial charge in [-0.3, -0.25) is 4.79 Å².